The van der Waals surface area contributed by atoms with E-state index in [0.29, 0.717) is 17.6 Å². The smallest absolute Gasteiger partial charge is 0.283 e. The van der Waals surface area contributed by atoms with E-state index in [4.69, 9.17) is 0 Å². The van der Waals surface area contributed by atoms with Gasteiger partial charge in [0.25, 0.3) is 5.69 Å². The molecule has 1 N–H and O–H groups in total. The van der Waals surface area contributed by atoms with Crippen LogP contribution in [-0.4, -0.2) is 26.7 Å². The van der Waals surface area contributed by atoms with Gasteiger partial charge in [0.05, 0.1) is 18.0 Å². The molecule has 1 aromatic heterocycles. The molecule has 0 aliphatic heterocycles. The summed E-state index contributed by atoms with van der Waals surface area (Å²) in [6.45, 7) is 1.02. The van der Waals surface area contributed by atoms with E-state index in [1.165, 1.54) is 12.4 Å². The van der Waals surface area contributed by atoms with Gasteiger partial charge in [-0.3, -0.25) is 10.1 Å². The highest BCUT2D eigenvalue weighted by atomic mass is 79.9. The third-order valence-electron chi connectivity index (χ3n) is 2.61. The molecular weight excluding hydrogens is 314 g/mol. The maximum Gasteiger partial charge on any atom is 0.283 e. The van der Waals surface area contributed by atoms with E-state index in [1.54, 1.807) is 10.7 Å². The van der Waals surface area contributed by atoms with Gasteiger partial charge in [0, 0.05) is 6.07 Å². The molecule has 2 rings (SSSR count). The van der Waals surface area contributed by atoms with Crippen molar-refractivity contribution < 1.29 is 4.92 Å². The zero-order chi connectivity index (χ0) is 13.8. The van der Waals surface area contributed by atoms with Crippen molar-refractivity contribution in [3.05, 3.63) is 50.5 Å². The molecule has 0 amide bonds. The SMILES string of the molecule is CNCc1ncnn1Cc1cccc([N+](=O)[O-])c1Br. The molecule has 0 bridgehead atoms. The number of hydrogen-bond donors (Lipinski definition) is 1. The molecule has 0 spiro atoms. The van der Waals surface area contributed by atoms with Gasteiger partial charge < -0.3 is 5.32 Å². The standard InChI is InChI=1S/C11H12BrN5O2/c1-13-5-10-14-7-15-16(10)6-8-3-2-4-9(11(8)12)17(18)19/h2-4,7,13H,5-6H2,1H3. The number of rotatable bonds is 5. The first-order chi connectivity index (χ1) is 9.13. The van der Waals surface area contributed by atoms with Gasteiger partial charge >= 0.3 is 0 Å². The summed E-state index contributed by atoms with van der Waals surface area (Å²) >= 11 is 3.27. The fourth-order valence-corrected chi connectivity index (χ4v) is 2.24. The van der Waals surface area contributed by atoms with Crippen LogP contribution in [0.25, 0.3) is 0 Å². The number of aromatic nitrogens is 3. The van der Waals surface area contributed by atoms with Crippen LogP contribution in [0.15, 0.2) is 29.0 Å². The molecule has 19 heavy (non-hydrogen) atoms. The maximum atomic E-state index is 10.9. The number of nitro groups is 1. The topological polar surface area (TPSA) is 85.9 Å². The van der Waals surface area contributed by atoms with Crippen molar-refractivity contribution in [3.63, 3.8) is 0 Å². The summed E-state index contributed by atoms with van der Waals surface area (Å²) in [5.74, 6) is 0.779. The molecule has 2 aromatic rings. The van der Waals surface area contributed by atoms with Crippen molar-refractivity contribution >= 4 is 21.6 Å². The lowest BCUT2D eigenvalue weighted by molar-refractivity contribution is -0.385. The van der Waals surface area contributed by atoms with E-state index in [1.807, 2.05) is 13.1 Å². The lowest BCUT2D eigenvalue weighted by atomic mass is 10.2. The molecule has 0 atom stereocenters. The van der Waals surface area contributed by atoms with Crippen molar-refractivity contribution in [1.29, 1.82) is 0 Å². The van der Waals surface area contributed by atoms with Crippen LogP contribution in [0.2, 0.25) is 0 Å². The van der Waals surface area contributed by atoms with E-state index in [0.717, 1.165) is 11.4 Å². The first-order valence-corrected chi connectivity index (χ1v) is 6.36. The quantitative estimate of drug-likeness (QED) is 0.668. The van der Waals surface area contributed by atoms with E-state index >= 15 is 0 Å². The van der Waals surface area contributed by atoms with Crippen molar-refractivity contribution in [2.45, 2.75) is 13.1 Å². The minimum Gasteiger partial charge on any atom is -0.313 e. The first-order valence-electron chi connectivity index (χ1n) is 5.56. The van der Waals surface area contributed by atoms with Crippen LogP contribution in [0, 0.1) is 10.1 Å². The zero-order valence-corrected chi connectivity index (χ0v) is 11.8. The predicted octanol–water partition coefficient (Wildman–Crippen LogP) is 1.72. The monoisotopic (exact) mass is 325 g/mol. The Kier molecular flexibility index (Phi) is 4.23. The Balaban J connectivity index is 2.31. The van der Waals surface area contributed by atoms with Crippen LogP contribution in [0.3, 0.4) is 0 Å². The maximum absolute atomic E-state index is 10.9. The Labute approximate surface area is 117 Å². The van der Waals surface area contributed by atoms with Gasteiger partial charge in [-0.2, -0.15) is 5.10 Å². The third-order valence-corrected chi connectivity index (χ3v) is 3.52. The highest BCUT2D eigenvalue weighted by Crippen LogP contribution is 2.28. The van der Waals surface area contributed by atoms with Crippen molar-refractivity contribution in [2.75, 3.05) is 7.05 Å². The molecule has 0 aliphatic rings. The van der Waals surface area contributed by atoms with Gasteiger partial charge in [0.2, 0.25) is 0 Å². The molecule has 0 aliphatic carbocycles. The Hall–Kier alpha value is -1.80. The van der Waals surface area contributed by atoms with Gasteiger partial charge in [-0.1, -0.05) is 12.1 Å². The molecule has 8 heteroatoms. The lowest BCUT2D eigenvalue weighted by Crippen LogP contribution is -2.14. The Morgan fingerprint density at radius 1 is 1.53 bits per heavy atom. The van der Waals surface area contributed by atoms with Crippen molar-refractivity contribution in [3.8, 4) is 0 Å². The second kappa shape index (κ2) is 5.89. The highest BCUT2D eigenvalue weighted by molar-refractivity contribution is 9.10. The predicted molar refractivity (Wildman–Crippen MR) is 72.7 cm³/mol. The number of benzene rings is 1. The average Bonchev–Trinajstić information content (AvgIpc) is 2.79. The number of hydrogen-bond acceptors (Lipinski definition) is 5. The van der Waals surface area contributed by atoms with Crippen LogP contribution in [0.4, 0.5) is 5.69 Å². The summed E-state index contributed by atoms with van der Waals surface area (Å²) in [6, 6.07) is 4.94. The van der Waals surface area contributed by atoms with Gasteiger partial charge in [0.1, 0.15) is 16.6 Å². The largest absolute Gasteiger partial charge is 0.313 e. The highest BCUT2D eigenvalue weighted by Gasteiger charge is 2.16. The van der Waals surface area contributed by atoms with E-state index < -0.39 is 4.92 Å². The fraction of sp³-hybridized carbons (Fsp3) is 0.273. The third kappa shape index (κ3) is 2.96. The molecule has 0 unspecified atom stereocenters. The normalized spacial score (nSPS) is 10.6. The molecule has 0 saturated carbocycles. The summed E-state index contributed by atoms with van der Waals surface area (Å²) < 4.78 is 2.19. The zero-order valence-electron chi connectivity index (χ0n) is 10.2. The molecule has 1 aromatic carbocycles. The minimum atomic E-state index is -0.413. The van der Waals surface area contributed by atoms with Crippen molar-refractivity contribution in [1.82, 2.24) is 20.1 Å². The number of nitrogens with zero attached hydrogens (tertiary/aromatic N) is 4. The molecule has 0 saturated heterocycles. The summed E-state index contributed by atoms with van der Waals surface area (Å²) in [6.07, 6.45) is 1.47. The Bertz CT molecular complexity index is 599. The van der Waals surface area contributed by atoms with Gasteiger partial charge in [-0.25, -0.2) is 9.67 Å². The molecule has 0 radical (unpaired) electrons. The first kappa shape index (κ1) is 13.6. The second-order valence-corrected chi connectivity index (χ2v) is 4.66. The van der Waals surface area contributed by atoms with Crippen LogP contribution in [0.1, 0.15) is 11.4 Å². The van der Waals surface area contributed by atoms with E-state index in [-0.39, 0.29) is 5.69 Å². The fourth-order valence-electron chi connectivity index (χ4n) is 1.71. The lowest BCUT2D eigenvalue weighted by Gasteiger charge is -2.07. The second-order valence-electron chi connectivity index (χ2n) is 3.87. The molecule has 1 heterocycles. The minimum absolute atomic E-state index is 0.0489. The summed E-state index contributed by atoms with van der Waals surface area (Å²) in [7, 11) is 1.82. The van der Waals surface area contributed by atoms with E-state index in [2.05, 4.69) is 31.3 Å². The van der Waals surface area contributed by atoms with E-state index in [9.17, 15) is 10.1 Å². The van der Waals surface area contributed by atoms with Crippen LogP contribution < -0.4 is 5.32 Å². The summed E-state index contributed by atoms with van der Waals surface area (Å²) in [5, 5.41) is 18.0. The van der Waals surface area contributed by atoms with Gasteiger partial charge in [-0.15, -0.1) is 0 Å². The number of nitrogens with one attached hydrogen (secondary N) is 1. The molecule has 7 nitrogen and oxygen atoms in total. The van der Waals surface area contributed by atoms with Gasteiger partial charge in [-0.05, 0) is 28.5 Å². The Morgan fingerprint density at radius 2 is 2.32 bits per heavy atom. The van der Waals surface area contributed by atoms with Crippen molar-refractivity contribution in [2.24, 2.45) is 0 Å². The summed E-state index contributed by atoms with van der Waals surface area (Å²) in [5.41, 5.74) is 0.838. The van der Waals surface area contributed by atoms with Gasteiger partial charge in [0.15, 0.2) is 0 Å². The molecular formula is C11H12BrN5O2. The van der Waals surface area contributed by atoms with Crippen LogP contribution >= 0.6 is 15.9 Å². The molecule has 100 valence electrons. The van der Waals surface area contributed by atoms with Crippen LogP contribution in [-0.2, 0) is 13.1 Å². The summed E-state index contributed by atoms with van der Waals surface area (Å²) in [4.78, 5) is 14.6. The molecule has 0 fully saturated rings. The Morgan fingerprint density at radius 3 is 3.00 bits per heavy atom. The number of halogens is 1. The van der Waals surface area contributed by atoms with Crippen LogP contribution in [0.5, 0.6) is 0 Å². The number of nitro benzene ring substituents is 1. The average molecular weight is 326 g/mol.